The van der Waals surface area contributed by atoms with Gasteiger partial charge < -0.3 is 4.74 Å². The van der Waals surface area contributed by atoms with Gasteiger partial charge in [-0.15, -0.1) is 0 Å². The molecule has 1 atom stereocenters. The van der Waals surface area contributed by atoms with Gasteiger partial charge in [-0.2, -0.15) is 23.2 Å². The highest BCUT2D eigenvalue weighted by Crippen LogP contribution is 2.38. The van der Waals surface area contributed by atoms with Gasteiger partial charge in [-0.3, -0.25) is 9.55 Å². The fourth-order valence-electron chi connectivity index (χ4n) is 3.51. The molecule has 3 aromatic heterocycles. The summed E-state index contributed by atoms with van der Waals surface area (Å²) in [5.41, 5.74) is 2.24. The summed E-state index contributed by atoms with van der Waals surface area (Å²) in [5, 5.41) is 10.5. The zero-order chi connectivity index (χ0) is 24.8. The van der Waals surface area contributed by atoms with Gasteiger partial charge in [0.15, 0.2) is 0 Å². The number of nitrogens with one attached hydrogen (secondary N) is 1. The Kier molecular flexibility index (Phi) is 5.71. The summed E-state index contributed by atoms with van der Waals surface area (Å²) in [7, 11) is -3.02. The lowest BCUT2D eigenvalue weighted by molar-refractivity contribution is -0.147. The van der Waals surface area contributed by atoms with Gasteiger partial charge in [0.2, 0.25) is 10.0 Å². The Morgan fingerprint density at radius 2 is 1.94 bits per heavy atom. The molecule has 3 heterocycles. The van der Waals surface area contributed by atoms with Crippen molar-refractivity contribution >= 4 is 26.8 Å². The molecule has 0 aliphatic heterocycles. The third kappa shape index (κ3) is 3.93. The lowest BCUT2D eigenvalue weighted by Gasteiger charge is -2.18. The number of rotatable bonds is 6. The number of sulfonamides is 1. The monoisotopic (exact) mass is 489 g/mol. The maximum Gasteiger partial charge on any atom is 0.404 e. The highest BCUT2D eigenvalue weighted by molar-refractivity contribution is 7.89. The van der Waals surface area contributed by atoms with Gasteiger partial charge >= 0.3 is 6.18 Å². The van der Waals surface area contributed by atoms with E-state index in [1.165, 1.54) is 26.3 Å². The molecule has 3 aromatic rings. The second-order valence-corrected chi connectivity index (χ2v) is 9.27. The van der Waals surface area contributed by atoms with Crippen molar-refractivity contribution in [3.63, 3.8) is 0 Å². The molecular formula is C22H18F3N5O3S. The predicted molar refractivity (Wildman–Crippen MR) is 118 cm³/mol. The first-order valence-electron chi connectivity index (χ1n) is 9.91. The molecule has 12 heteroatoms. The number of hydrogen-bond donors (Lipinski definition) is 1. The molecule has 0 saturated carbocycles. The van der Waals surface area contributed by atoms with Crippen molar-refractivity contribution < 1.29 is 26.3 Å². The minimum Gasteiger partial charge on any atom is -0.495 e. The Morgan fingerprint density at radius 3 is 2.47 bits per heavy atom. The van der Waals surface area contributed by atoms with Crippen LogP contribution in [0.15, 0.2) is 47.6 Å². The number of ether oxygens (including phenoxy) is 1. The summed E-state index contributed by atoms with van der Waals surface area (Å²) in [4.78, 5) is 8.23. The summed E-state index contributed by atoms with van der Waals surface area (Å²) >= 11 is 0. The molecule has 0 radical (unpaired) electrons. The molecule has 176 valence electrons. The number of nitrogens with zero attached hydrogens (tertiary/aromatic N) is 4. The second kappa shape index (κ2) is 8.27. The SMILES string of the molecule is COc1cnc2c(c1)c(C#N)c(-c1cc(C)c(S(=O)(=O)N[C@@H](C)C(F)(F)F)cn1)n2C1=CC=C1. The van der Waals surface area contributed by atoms with Crippen molar-refractivity contribution in [2.24, 2.45) is 0 Å². The van der Waals surface area contributed by atoms with Gasteiger partial charge in [0.05, 0.1) is 30.3 Å². The summed E-state index contributed by atoms with van der Waals surface area (Å²) < 4.78 is 72.3. The normalized spacial score (nSPS) is 14.4. The maximum absolute atomic E-state index is 12.9. The van der Waals surface area contributed by atoms with Crippen LogP contribution in [0.2, 0.25) is 0 Å². The van der Waals surface area contributed by atoms with Crippen LogP contribution in [0.1, 0.15) is 18.1 Å². The van der Waals surface area contributed by atoms with E-state index in [0.29, 0.717) is 29.4 Å². The van der Waals surface area contributed by atoms with Crippen LogP contribution < -0.4 is 9.46 Å². The van der Waals surface area contributed by atoms with Crippen LogP contribution in [0.5, 0.6) is 5.75 Å². The summed E-state index contributed by atoms with van der Waals surface area (Å²) in [5.74, 6) is 0.446. The van der Waals surface area contributed by atoms with E-state index in [-0.39, 0.29) is 16.8 Å². The van der Waals surface area contributed by atoms with Crippen molar-refractivity contribution in [1.29, 1.82) is 5.26 Å². The molecule has 4 rings (SSSR count). The van der Waals surface area contributed by atoms with E-state index in [0.717, 1.165) is 11.9 Å². The number of allylic oxidation sites excluding steroid dienone is 4. The van der Waals surface area contributed by atoms with E-state index in [4.69, 9.17) is 4.74 Å². The highest BCUT2D eigenvalue weighted by atomic mass is 32.2. The maximum atomic E-state index is 12.9. The average Bonchev–Trinajstić information content (AvgIpc) is 3.04. The number of alkyl halides is 3. The van der Waals surface area contributed by atoms with Crippen molar-refractivity contribution in [1.82, 2.24) is 19.3 Å². The van der Waals surface area contributed by atoms with E-state index >= 15 is 0 Å². The molecule has 0 amide bonds. The number of halogens is 3. The summed E-state index contributed by atoms with van der Waals surface area (Å²) in [6, 6.07) is 2.96. The molecule has 1 aliphatic rings. The molecule has 8 nitrogen and oxygen atoms in total. The van der Waals surface area contributed by atoms with Gasteiger partial charge in [-0.05, 0) is 43.7 Å². The number of nitriles is 1. The molecule has 0 bridgehead atoms. The van der Waals surface area contributed by atoms with Crippen molar-refractivity contribution in [2.45, 2.75) is 31.0 Å². The Morgan fingerprint density at radius 1 is 1.24 bits per heavy atom. The Labute approximate surface area is 193 Å². The second-order valence-electron chi connectivity index (χ2n) is 7.59. The lowest BCUT2D eigenvalue weighted by Crippen LogP contribution is -2.43. The van der Waals surface area contributed by atoms with Crippen LogP contribution in [-0.2, 0) is 10.0 Å². The number of hydrogen-bond acceptors (Lipinski definition) is 6. The van der Waals surface area contributed by atoms with Gasteiger partial charge in [0.25, 0.3) is 0 Å². The van der Waals surface area contributed by atoms with Crippen molar-refractivity contribution in [3.8, 4) is 23.2 Å². The number of aromatic nitrogens is 3. The molecule has 0 aromatic carbocycles. The standard InChI is InChI=1S/C22H18F3N5O3S/c1-12-7-18(27-11-19(12)34(31,32)29-13(2)22(23,24)25)20-17(9-26)16-8-15(33-3)10-28-21(16)30(20)14-5-4-6-14/h4-8,10-11,13,29H,1-3H3/t13-/m0/s1. The number of aryl methyl sites for hydroxylation is 1. The number of fused-ring (bicyclic) bond motifs is 1. The minimum absolute atomic E-state index is 0.163. The zero-order valence-electron chi connectivity index (χ0n) is 18.2. The zero-order valence-corrected chi connectivity index (χ0v) is 19.0. The van der Waals surface area contributed by atoms with Crippen molar-refractivity contribution in [2.75, 3.05) is 7.11 Å². The Balaban J connectivity index is 1.88. The van der Waals surface area contributed by atoms with E-state index in [9.17, 15) is 26.9 Å². The van der Waals surface area contributed by atoms with Crippen LogP contribution in [0, 0.1) is 18.3 Å². The third-order valence-electron chi connectivity index (χ3n) is 5.34. The first-order valence-corrected chi connectivity index (χ1v) is 11.4. The average molecular weight is 489 g/mol. The molecule has 0 spiro atoms. The third-order valence-corrected chi connectivity index (χ3v) is 7.01. The molecule has 34 heavy (non-hydrogen) atoms. The quantitative estimate of drug-likeness (QED) is 0.562. The van der Waals surface area contributed by atoms with Gasteiger partial charge in [0, 0.05) is 17.3 Å². The van der Waals surface area contributed by atoms with Gasteiger partial charge in [-0.1, -0.05) is 6.08 Å². The fourth-order valence-corrected chi connectivity index (χ4v) is 4.91. The number of methoxy groups -OCH3 is 1. The predicted octanol–water partition coefficient (Wildman–Crippen LogP) is 3.93. The lowest BCUT2D eigenvalue weighted by atomic mass is 10.1. The topological polar surface area (TPSA) is 110 Å². The van der Waals surface area contributed by atoms with Gasteiger partial charge in [-0.25, -0.2) is 13.4 Å². The van der Waals surface area contributed by atoms with Crippen LogP contribution in [0.3, 0.4) is 0 Å². The fraction of sp³-hybridized carbons (Fsp3) is 0.227. The number of pyridine rings is 2. The van der Waals surface area contributed by atoms with E-state index in [2.05, 4.69) is 16.0 Å². The summed E-state index contributed by atoms with van der Waals surface area (Å²) in [6.45, 7) is 2.16. The first kappa shape index (κ1) is 23.5. The van der Waals surface area contributed by atoms with E-state index < -0.39 is 27.1 Å². The molecule has 1 N–H and O–H groups in total. The highest BCUT2D eigenvalue weighted by Gasteiger charge is 2.39. The smallest absolute Gasteiger partial charge is 0.404 e. The van der Waals surface area contributed by atoms with Crippen LogP contribution in [-0.4, -0.2) is 42.3 Å². The molecular weight excluding hydrogens is 471 g/mol. The minimum atomic E-state index is -4.74. The molecule has 0 saturated heterocycles. The Bertz CT molecular complexity index is 1520. The van der Waals surface area contributed by atoms with E-state index in [1.54, 1.807) is 15.4 Å². The van der Waals surface area contributed by atoms with E-state index in [1.807, 2.05) is 18.2 Å². The largest absolute Gasteiger partial charge is 0.495 e. The molecule has 0 unspecified atom stereocenters. The van der Waals surface area contributed by atoms with Crippen molar-refractivity contribution in [3.05, 3.63) is 53.9 Å². The van der Waals surface area contributed by atoms with Crippen LogP contribution in [0.4, 0.5) is 13.2 Å². The van der Waals surface area contributed by atoms with Gasteiger partial charge in [0.1, 0.15) is 28.4 Å². The molecule has 1 aliphatic carbocycles. The van der Waals surface area contributed by atoms with Crippen LogP contribution in [0.25, 0.3) is 28.1 Å². The van der Waals surface area contributed by atoms with Crippen LogP contribution >= 0.6 is 0 Å². The molecule has 0 fully saturated rings. The Hall–Kier alpha value is -3.69. The summed E-state index contributed by atoms with van der Waals surface area (Å²) in [6.07, 6.45) is 3.18. The first-order chi connectivity index (χ1) is 16.0.